The van der Waals surface area contributed by atoms with Gasteiger partial charge in [-0.2, -0.15) is 5.26 Å². The highest BCUT2D eigenvalue weighted by atomic mass is 16.6. The van der Waals surface area contributed by atoms with Gasteiger partial charge in [-0.1, -0.05) is 30.3 Å². The van der Waals surface area contributed by atoms with Crippen molar-refractivity contribution in [2.75, 3.05) is 26.3 Å². The molecule has 1 aromatic heterocycles. The van der Waals surface area contributed by atoms with Crippen LogP contribution in [0.4, 0.5) is 4.79 Å². The first-order valence-electron chi connectivity index (χ1n) is 13.6. The van der Waals surface area contributed by atoms with Gasteiger partial charge in [0, 0.05) is 19.9 Å². The van der Waals surface area contributed by atoms with Crippen LogP contribution in [0.25, 0.3) is 22.2 Å². The van der Waals surface area contributed by atoms with Gasteiger partial charge in [0.15, 0.2) is 11.7 Å². The van der Waals surface area contributed by atoms with E-state index >= 15 is 0 Å². The number of nitrogens with one attached hydrogen (secondary N) is 1. The van der Waals surface area contributed by atoms with Crippen LogP contribution in [0.5, 0.6) is 0 Å². The number of nitriles is 1. The molecule has 2 aliphatic heterocycles. The zero-order chi connectivity index (χ0) is 29.4. The lowest BCUT2D eigenvalue weighted by atomic mass is 9.95. The number of carbonyl (C=O) groups is 2. The fourth-order valence-corrected chi connectivity index (χ4v) is 4.99. The van der Waals surface area contributed by atoms with E-state index < -0.39 is 41.1 Å². The molecule has 2 aliphatic rings. The van der Waals surface area contributed by atoms with E-state index in [0.717, 1.165) is 16.7 Å². The Morgan fingerprint density at radius 3 is 2.54 bits per heavy atom. The molecule has 3 atom stereocenters. The summed E-state index contributed by atoms with van der Waals surface area (Å²) in [6.07, 6.45) is -0.515. The third kappa shape index (κ3) is 6.29. The van der Waals surface area contributed by atoms with E-state index in [4.69, 9.17) is 18.6 Å². The van der Waals surface area contributed by atoms with Crippen LogP contribution < -0.4 is 11.1 Å². The maximum absolute atomic E-state index is 13.2. The summed E-state index contributed by atoms with van der Waals surface area (Å²) in [4.78, 5) is 39.4. The molecule has 3 aromatic rings. The first kappa shape index (κ1) is 28.4. The molecule has 11 heteroatoms. The number of aryl methyl sites for hydroxylation is 1. The Morgan fingerprint density at radius 2 is 1.90 bits per heavy atom. The molecule has 2 aromatic carbocycles. The van der Waals surface area contributed by atoms with Gasteiger partial charge in [0.25, 0.3) is 5.91 Å². The molecule has 3 heterocycles. The number of amides is 2. The van der Waals surface area contributed by atoms with Gasteiger partial charge in [0.1, 0.15) is 17.2 Å². The Bertz CT molecular complexity index is 1540. The predicted octanol–water partition coefficient (Wildman–Crippen LogP) is 3.14. The molecule has 2 fully saturated rings. The number of oxazole rings is 1. The van der Waals surface area contributed by atoms with Crippen molar-refractivity contribution in [3.63, 3.8) is 0 Å². The lowest BCUT2D eigenvalue weighted by Crippen LogP contribution is -2.55. The maximum atomic E-state index is 13.2. The van der Waals surface area contributed by atoms with Crippen LogP contribution in [0, 0.1) is 11.3 Å². The summed E-state index contributed by atoms with van der Waals surface area (Å²) in [5, 5.41) is 12.6. The minimum atomic E-state index is -0.974. The SMILES string of the molecule is Cn1c(=O)oc2ccc(-c3ccc(C[C@@H](C#N)NC(=O)[C@@H]4CN(C(=O)OC(C)(C)C)C[C@]5(CCO5)CO4)cc3)cc21. The first-order valence-corrected chi connectivity index (χ1v) is 13.6. The number of aromatic nitrogens is 1. The van der Waals surface area contributed by atoms with E-state index in [1.54, 1.807) is 33.9 Å². The summed E-state index contributed by atoms with van der Waals surface area (Å²) in [6, 6.07) is 14.5. The molecule has 0 aliphatic carbocycles. The second kappa shape index (κ2) is 11.0. The quantitative estimate of drug-likeness (QED) is 0.501. The van der Waals surface area contributed by atoms with Crippen molar-refractivity contribution in [2.24, 2.45) is 7.05 Å². The van der Waals surface area contributed by atoms with Crippen LogP contribution in [0.1, 0.15) is 32.8 Å². The number of benzene rings is 2. The van der Waals surface area contributed by atoms with E-state index in [0.29, 0.717) is 24.1 Å². The summed E-state index contributed by atoms with van der Waals surface area (Å²) in [7, 11) is 1.66. The van der Waals surface area contributed by atoms with Gasteiger partial charge in [0.2, 0.25) is 0 Å². The molecule has 5 rings (SSSR count). The molecule has 0 saturated carbocycles. The van der Waals surface area contributed by atoms with Crippen molar-refractivity contribution in [3.8, 4) is 17.2 Å². The molecule has 1 N–H and O–H groups in total. The highest BCUT2D eigenvalue weighted by Crippen LogP contribution is 2.31. The average Bonchev–Trinajstić information content (AvgIpc) is 3.07. The van der Waals surface area contributed by atoms with Crippen molar-refractivity contribution in [2.45, 2.75) is 57.0 Å². The van der Waals surface area contributed by atoms with Gasteiger partial charge in [-0.15, -0.1) is 0 Å². The van der Waals surface area contributed by atoms with E-state index in [-0.39, 0.29) is 26.1 Å². The van der Waals surface area contributed by atoms with Crippen LogP contribution in [0.15, 0.2) is 51.7 Å². The number of ether oxygens (including phenoxy) is 3. The molecule has 2 saturated heterocycles. The molecule has 0 bridgehead atoms. The van der Waals surface area contributed by atoms with Crippen LogP contribution in [-0.2, 0) is 32.5 Å². The Labute approximate surface area is 237 Å². The predicted molar refractivity (Wildman–Crippen MR) is 149 cm³/mol. The Hall–Kier alpha value is -4.14. The number of carbonyl (C=O) groups excluding carboxylic acids is 2. The minimum Gasteiger partial charge on any atom is -0.444 e. The average molecular weight is 563 g/mol. The Morgan fingerprint density at radius 1 is 1.20 bits per heavy atom. The van der Waals surface area contributed by atoms with Crippen molar-refractivity contribution in [1.29, 1.82) is 5.26 Å². The van der Waals surface area contributed by atoms with E-state index in [1.165, 1.54) is 9.47 Å². The smallest absolute Gasteiger partial charge is 0.419 e. The van der Waals surface area contributed by atoms with Crippen LogP contribution in [-0.4, -0.2) is 71.1 Å². The van der Waals surface area contributed by atoms with Gasteiger partial charge in [0.05, 0.1) is 37.9 Å². The zero-order valence-electron chi connectivity index (χ0n) is 23.6. The number of nitrogens with zero attached hydrogens (tertiary/aromatic N) is 3. The molecule has 11 nitrogen and oxygen atoms in total. The van der Waals surface area contributed by atoms with Gasteiger partial charge in [-0.25, -0.2) is 9.59 Å². The fraction of sp³-hybridized carbons (Fsp3) is 0.467. The first-order chi connectivity index (χ1) is 19.4. The third-order valence-corrected chi connectivity index (χ3v) is 7.31. The topological polar surface area (TPSA) is 136 Å². The van der Waals surface area contributed by atoms with Crippen molar-refractivity contribution in [1.82, 2.24) is 14.8 Å². The lowest BCUT2D eigenvalue weighted by Gasteiger charge is -2.42. The van der Waals surface area contributed by atoms with Crippen LogP contribution in [0.3, 0.4) is 0 Å². The van der Waals surface area contributed by atoms with Gasteiger partial charge < -0.3 is 28.8 Å². The molecule has 41 heavy (non-hydrogen) atoms. The normalized spacial score (nSPS) is 21.5. The Balaban J connectivity index is 1.24. The molecule has 0 unspecified atom stereocenters. The van der Waals surface area contributed by atoms with E-state index in [9.17, 15) is 19.6 Å². The van der Waals surface area contributed by atoms with Crippen LogP contribution in [0.2, 0.25) is 0 Å². The van der Waals surface area contributed by atoms with Gasteiger partial charge in [-0.3, -0.25) is 9.36 Å². The molecular formula is C30H34N4O7. The highest BCUT2D eigenvalue weighted by Gasteiger charge is 2.46. The van der Waals surface area contributed by atoms with Crippen LogP contribution >= 0.6 is 0 Å². The number of hydrogen-bond acceptors (Lipinski definition) is 8. The number of fused-ring (bicyclic) bond motifs is 1. The second-order valence-corrected chi connectivity index (χ2v) is 11.6. The summed E-state index contributed by atoms with van der Waals surface area (Å²) >= 11 is 0. The maximum Gasteiger partial charge on any atom is 0.419 e. The van der Waals surface area contributed by atoms with Crippen molar-refractivity contribution in [3.05, 3.63) is 58.6 Å². The molecule has 0 radical (unpaired) electrons. The van der Waals surface area contributed by atoms with Gasteiger partial charge in [-0.05, 0) is 49.6 Å². The number of rotatable bonds is 5. The monoisotopic (exact) mass is 562 g/mol. The largest absolute Gasteiger partial charge is 0.444 e. The molecule has 216 valence electrons. The van der Waals surface area contributed by atoms with Crippen molar-refractivity contribution >= 4 is 23.1 Å². The summed E-state index contributed by atoms with van der Waals surface area (Å²) in [5.74, 6) is -0.892. The fourth-order valence-electron chi connectivity index (χ4n) is 4.99. The van der Waals surface area contributed by atoms with Crippen molar-refractivity contribution < 1.29 is 28.2 Å². The number of hydrogen-bond donors (Lipinski definition) is 1. The third-order valence-electron chi connectivity index (χ3n) is 7.31. The highest BCUT2D eigenvalue weighted by molar-refractivity contribution is 5.83. The summed E-state index contributed by atoms with van der Waals surface area (Å²) in [6.45, 7) is 6.34. The summed E-state index contributed by atoms with van der Waals surface area (Å²) in [5.41, 5.74) is 2.58. The minimum absolute atomic E-state index is 0.00863. The Kier molecular flexibility index (Phi) is 7.64. The van der Waals surface area contributed by atoms with Gasteiger partial charge >= 0.3 is 11.8 Å². The zero-order valence-corrected chi connectivity index (χ0v) is 23.6. The standard InChI is InChI=1S/C30H34N4O7/c1-29(2,3)41-28(37)34-16-25(38-18-30(17-34)11-12-39-30)26(35)32-22(15-31)13-19-5-7-20(8-6-19)21-9-10-24-23(14-21)33(4)27(36)40-24/h5-10,14,22,25H,11-13,16-18H2,1-4H3,(H,32,35)/t22-,25-,30+/m0/s1. The van der Waals surface area contributed by atoms with E-state index in [1.807, 2.05) is 36.4 Å². The molecule has 1 spiro atoms. The molecular weight excluding hydrogens is 528 g/mol. The van der Waals surface area contributed by atoms with E-state index in [2.05, 4.69) is 11.4 Å². The second-order valence-electron chi connectivity index (χ2n) is 11.6. The lowest BCUT2D eigenvalue weighted by molar-refractivity contribution is -0.182. The molecule has 2 amide bonds. The summed E-state index contributed by atoms with van der Waals surface area (Å²) < 4.78 is 23.9.